The maximum atomic E-state index is 11.4. The van der Waals surface area contributed by atoms with Gasteiger partial charge in [0, 0.05) is 6.26 Å². The van der Waals surface area contributed by atoms with Crippen LogP contribution in [-0.2, 0) is 9.84 Å². The molecule has 0 aromatic heterocycles. The highest BCUT2D eigenvalue weighted by atomic mass is 32.2. The van der Waals surface area contributed by atoms with Gasteiger partial charge in [0.1, 0.15) is 9.84 Å². The van der Waals surface area contributed by atoms with Gasteiger partial charge in [0.05, 0.1) is 5.25 Å². The third kappa shape index (κ3) is 4.12. The molecule has 0 aliphatic heterocycles. The van der Waals surface area contributed by atoms with E-state index in [1.807, 2.05) is 0 Å². The molecule has 0 amide bonds. The summed E-state index contributed by atoms with van der Waals surface area (Å²) in [6.45, 7) is 0. The fourth-order valence-electron chi connectivity index (χ4n) is 2.02. The molecule has 0 atom stereocenters. The molecule has 0 bridgehead atoms. The average Bonchev–Trinajstić information content (AvgIpc) is 2.14. The minimum Gasteiger partial charge on any atom is -0.229 e. The second-order valence-electron chi connectivity index (χ2n) is 4.15. The van der Waals surface area contributed by atoms with Crippen LogP contribution in [0.2, 0.25) is 0 Å². The Kier molecular flexibility index (Phi) is 4.23. The van der Waals surface area contributed by atoms with Crippen LogP contribution in [0, 0.1) is 0 Å². The van der Waals surface area contributed by atoms with Crippen LogP contribution < -0.4 is 0 Å². The zero-order valence-electron chi connectivity index (χ0n) is 8.46. The van der Waals surface area contributed by atoms with Crippen molar-refractivity contribution >= 4 is 9.84 Å². The topological polar surface area (TPSA) is 34.1 Å². The van der Waals surface area contributed by atoms with E-state index in [4.69, 9.17) is 0 Å². The van der Waals surface area contributed by atoms with E-state index >= 15 is 0 Å². The van der Waals surface area contributed by atoms with Crippen molar-refractivity contribution in [2.24, 2.45) is 0 Å². The highest BCUT2D eigenvalue weighted by Crippen LogP contribution is 2.21. The van der Waals surface area contributed by atoms with Crippen LogP contribution in [-0.4, -0.2) is 19.9 Å². The first-order chi connectivity index (χ1) is 6.11. The van der Waals surface area contributed by atoms with E-state index in [-0.39, 0.29) is 5.25 Å². The third-order valence-electron chi connectivity index (χ3n) is 2.91. The molecular formula is C10H20O2S. The van der Waals surface area contributed by atoms with Crippen LogP contribution in [0.1, 0.15) is 51.4 Å². The molecule has 13 heavy (non-hydrogen) atoms. The third-order valence-corrected chi connectivity index (χ3v) is 4.59. The van der Waals surface area contributed by atoms with Crippen molar-refractivity contribution in [2.45, 2.75) is 56.6 Å². The molecule has 1 rings (SSSR count). The summed E-state index contributed by atoms with van der Waals surface area (Å²) < 4.78 is 22.7. The lowest BCUT2D eigenvalue weighted by atomic mass is 10.1. The van der Waals surface area contributed by atoms with Gasteiger partial charge < -0.3 is 0 Å². The van der Waals surface area contributed by atoms with Gasteiger partial charge in [0.2, 0.25) is 0 Å². The maximum absolute atomic E-state index is 11.4. The van der Waals surface area contributed by atoms with E-state index < -0.39 is 9.84 Å². The van der Waals surface area contributed by atoms with Crippen LogP contribution in [0.5, 0.6) is 0 Å². The van der Waals surface area contributed by atoms with Gasteiger partial charge >= 0.3 is 0 Å². The maximum Gasteiger partial charge on any atom is 0.150 e. The van der Waals surface area contributed by atoms with E-state index in [0.717, 1.165) is 25.7 Å². The summed E-state index contributed by atoms with van der Waals surface area (Å²) in [6, 6.07) is 0. The Morgan fingerprint density at radius 1 is 0.846 bits per heavy atom. The normalized spacial score (nSPS) is 23.2. The highest BCUT2D eigenvalue weighted by Gasteiger charge is 2.20. The van der Waals surface area contributed by atoms with E-state index in [1.165, 1.54) is 31.9 Å². The summed E-state index contributed by atoms with van der Waals surface area (Å²) >= 11 is 0. The van der Waals surface area contributed by atoms with Crippen molar-refractivity contribution in [1.29, 1.82) is 0 Å². The minimum absolute atomic E-state index is 0.0504. The fourth-order valence-corrected chi connectivity index (χ4v) is 3.21. The lowest BCUT2D eigenvalue weighted by Crippen LogP contribution is -2.19. The molecule has 0 aromatic carbocycles. The molecule has 1 fully saturated rings. The molecule has 1 aliphatic rings. The van der Waals surface area contributed by atoms with Gasteiger partial charge in [0.25, 0.3) is 0 Å². The summed E-state index contributed by atoms with van der Waals surface area (Å²) in [7, 11) is -2.78. The molecule has 0 unspecified atom stereocenters. The molecule has 1 saturated carbocycles. The first-order valence-corrected chi connectivity index (χ1v) is 7.25. The molecule has 0 spiro atoms. The molecule has 3 heteroatoms. The SMILES string of the molecule is CS(=O)(=O)C1CCCCCCCC1. The molecule has 1 aliphatic carbocycles. The van der Waals surface area contributed by atoms with Gasteiger partial charge in [-0.05, 0) is 12.8 Å². The fraction of sp³-hybridized carbons (Fsp3) is 1.00. The van der Waals surface area contributed by atoms with Crippen molar-refractivity contribution in [1.82, 2.24) is 0 Å². The first kappa shape index (κ1) is 11.0. The second kappa shape index (κ2) is 4.99. The number of hydrogen-bond donors (Lipinski definition) is 0. The molecule has 0 aromatic rings. The summed E-state index contributed by atoms with van der Waals surface area (Å²) in [5.41, 5.74) is 0. The summed E-state index contributed by atoms with van der Waals surface area (Å²) in [4.78, 5) is 0. The molecule has 2 nitrogen and oxygen atoms in total. The Morgan fingerprint density at radius 2 is 1.23 bits per heavy atom. The zero-order valence-corrected chi connectivity index (χ0v) is 9.28. The zero-order chi connectivity index (χ0) is 9.73. The molecule has 0 N–H and O–H groups in total. The van der Waals surface area contributed by atoms with E-state index in [2.05, 4.69) is 0 Å². The van der Waals surface area contributed by atoms with E-state index in [0.29, 0.717) is 0 Å². The van der Waals surface area contributed by atoms with E-state index in [9.17, 15) is 8.42 Å². The number of sulfone groups is 1. The van der Waals surface area contributed by atoms with Crippen molar-refractivity contribution in [3.63, 3.8) is 0 Å². The van der Waals surface area contributed by atoms with Crippen LogP contribution in [0.4, 0.5) is 0 Å². The van der Waals surface area contributed by atoms with Crippen molar-refractivity contribution in [3.05, 3.63) is 0 Å². The van der Waals surface area contributed by atoms with Gasteiger partial charge in [-0.15, -0.1) is 0 Å². The smallest absolute Gasteiger partial charge is 0.150 e. The van der Waals surface area contributed by atoms with Crippen molar-refractivity contribution in [3.8, 4) is 0 Å². The highest BCUT2D eigenvalue weighted by molar-refractivity contribution is 7.91. The largest absolute Gasteiger partial charge is 0.229 e. The second-order valence-corrected chi connectivity index (χ2v) is 6.48. The Morgan fingerprint density at radius 3 is 1.62 bits per heavy atom. The monoisotopic (exact) mass is 204 g/mol. The van der Waals surface area contributed by atoms with Crippen molar-refractivity contribution < 1.29 is 8.42 Å². The summed E-state index contributed by atoms with van der Waals surface area (Å²) in [6.07, 6.45) is 10.4. The number of rotatable bonds is 1. The summed E-state index contributed by atoms with van der Waals surface area (Å²) in [5, 5.41) is -0.0504. The van der Waals surface area contributed by atoms with E-state index in [1.54, 1.807) is 0 Å². The Labute approximate surface area is 81.6 Å². The average molecular weight is 204 g/mol. The number of hydrogen-bond acceptors (Lipinski definition) is 2. The van der Waals surface area contributed by atoms with Crippen LogP contribution in [0.15, 0.2) is 0 Å². The van der Waals surface area contributed by atoms with Crippen LogP contribution in [0.3, 0.4) is 0 Å². The molecule has 0 saturated heterocycles. The van der Waals surface area contributed by atoms with Gasteiger partial charge in [0.15, 0.2) is 0 Å². The Bertz CT molecular complexity index is 221. The summed E-state index contributed by atoms with van der Waals surface area (Å²) in [5.74, 6) is 0. The lowest BCUT2D eigenvalue weighted by molar-refractivity contribution is 0.552. The van der Waals surface area contributed by atoms with Gasteiger partial charge in [-0.2, -0.15) is 0 Å². The van der Waals surface area contributed by atoms with Gasteiger partial charge in [-0.1, -0.05) is 38.5 Å². The first-order valence-electron chi connectivity index (χ1n) is 5.29. The molecule has 0 heterocycles. The van der Waals surface area contributed by atoms with Crippen LogP contribution >= 0.6 is 0 Å². The molecule has 0 radical (unpaired) electrons. The Hall–Kier alpha value is -0.0500. The van der Waals surface area contributed by atoms with Gasteiger partial charge in [-0.3, -0.25) is 0 Å². The van der Waals surface area contributed by atoms with Gasteiger partial charge in [-0.25, -0.2) is 8.42 Å². The predicted octanol–water partition coefficient (Wildman–Crippen LogP) is 2.53. The predicted molar refractivity (Wildman–Crippen MR) is 55.6 cm³/mol. The Balaban J connectivity index is 2.51. The molecular weight excluding hydrogens is 184 g/mol. The van der Waals surface area contributed by atoms with Crippen molar-refractivity contribution in [2.75, 3.05) is 6.26 Å². The molecule has 78 valence electrons. The lowest BCUT2D eigenvalue weighted by Gasteiger charge is -2.12. The minimum atomic E-state index is -2.78. The quantitative estimate of drug-likeness (QED) is 0.657. The van der Waals surface area contributed by atoms with Crippen LogP contribution in [0.25, 0.3) is 0 Å². The standard InChI is InChI=1S/C10H20O2S/c1-13(11,12)10-8-6-4-2-3-5-7-9-10/h10H,2-9H2,1H3.